The van der Waals surface area contributed by atoms with Crippen molar-refractivity contribution < 1.29 is 33.6 Å². The zero-order valence-electron chi connectivity index (χ0n) is 15.6. The molecule has 1 saturated heterocycles. The Balaban J connectivity index is 1.72. The van der Waals surface area contributed by atoms with Crippen LogP contribution in [0, 0.1) is 11.8 Å². The highest BCUT2D eigenvalue weighted by atomic mass is 16.7. The number of carbonyl (C=O) groups is 1. The highest BCUT2D eigenvalue weighted by Gasteiger charge is 2.48. The number of carbonyl (C=O) groups excluding carboxylic acids is 1. The number of hydrogen-bond acceptors (Lipinski definition) is 7. The van der Waals surface area contributed by atoms with Crippen LogP contribution < -0.4 is 18.9 Å². The van der Waals surface area contributed by atoms with Gasteiger partial charge in [-0.2, -0.15) is 0 Å². The Hall–Kier alpha value is -3.09. The summed E-state index contributed by atoms with van der Waals surface area (Å²) in [5.41, 5.74) is 2.93. The standard InChI is InChI=1S/C21H20O7/c1-24-16-5-11(6-17(25-2)20(16)22)18-13-7-15-14(27-9-28-15)4-10(13)3-12-8-26-21(23)19(12)18/h4-7,12,18-19,22H,3,8-9H2,1-2H3/t12-,18+,19+/m0/s1. The summed E-state index contributed by atoms with van der Waals surface area (Å²) in [4.78, 5) is 12.6. The second-order valence-corrected chi connectivity index (χ2v) is 7.28. The van der Waals surface area contributed by atoms with Gasteiger partial charge in [-0.25, -0.2) is 0 Å². The molecule has 0 amide bonds. The summed E-state index contributed by atoms with van der Waals surface area (Å²) in [5, 5.41) is 10.3. The predicted octanol–water partition coefficient (Wildman–Crippen LogP) is 2.62. The van der Waals surface area contributed by atoms with Crippen LogP contribution in [0.3, 0.4) is 0 Å². The number of rotatable bonds is 3. The molecule has 7 nitrogen and oxygen atoms in total. The molecule has 1 N–H and O–H groups in total. The fraction of sp³-hybridized carbons (Fsp3) is 0.381. The van der Waals surface area contributed by atoms with Gasteiger partial charge in [0.05, 0.1) is 26.7 Å². The summed E-state index contributed by atoms with van der Waals surface area (Å²) in [7, 11) is 2.97. The predicted molar refractivity (Wildman–Crippen MR) is 97.3 cm³/mol. The zero-order chi connectivity index (χ0) is 19.4. The molecular formula is C21H20O7. The van der Waals surface area contributed by atoms with Crippen molar-refractivity contribution in [1.29, 1.82) is 0 Å². The van der Waals surface area contributed by atoms with E-state index >= 15 is 0 Å². The molecule has 28 heavy (non-hydrogen) atoms. The summed E-state index contributed by atoms with van der Waals surface area (Å²) in [6.07, 6.45) is 0.741. The Kier molecular flexibility index (Phi) is 3.79. The lowest BCUT2D eigenvalue weighted by Gasteiger charge is -2.33. The molecule has 1 fully saturated rings. The number of methoxy groups -OCH3 is 2. The fourth-order valence-corrected chi connectivity index (χ4v) is 4.60. The zero-order valence-corrected chi connectivity index (χ0v) is 15.6. The van der Waals surface area contributed by atoms with Gasteiger partial charge in [-0.1, -0.05) is 0 Å². The van der Waals surface area contributed by atoms with E-state index in [0.717, 1.165) is 28.9 Å². The molecule has 5 rings (SSSR count). The third-order valence-electron chi connectivity index (χ3n) is 5.89. The summed E-state index contributed by atoms with van der Waals surface area (Å²) in [6.45, 7) is 0.596. The molecule has 2 aromatic rings. The number of aromatic hydroxyl groups is 1. The maximum Gasteiger partial charge on any atom is 0.310 e. The molecule has 0 unspecified atom stereocenters. The molecule has 2 aliphatic heterocycles. The Morgan fingerprint density at radius 3 is 2.36 bits per heavy atom. The summed E-state index contributed by atoms with van der Waals surface area (Å²) in [6, 6.07) is 7.46. The maximum absolute atomic E-state index is 12.6. The van der Waals surface area contributed by atoms with Crippen LogP contribution in [0.1, 0.15) is 22.6 Å². The average molecular weight is 384 g/mol. The van der Waals surface area contributed by atoms with Crippen LogP contribution in [0.5, 0.6) is 28.7 Å². The minimum absolute atomic E-state index is 0.0685. The number of fused-ring (bicyclic) bond motifs is 3. The van der Waals surface area contributed by atoms with E-state index in [9.17, 15) is 9.90 Å². The lowest BCUT2D eigenvalue weighted by atomic mass is 9.67. The van der Waals surface area contributed by atoms with Crippen LogP contribution >= 0.6 is 0 Å². The molecular weight excluding hydrogens is 364 g/mol. The van der Waals surface area contributed by atoms with Crippen molar-refractivity contribution in [2.24, 2.45) is 11.8 Å². The minimum atomic E-state index is -0.313. The normalized spacial score (nSPS) is 24.4. The highest BCUT2D eigenvalue weighted by molar-refractivity contribution is 5.78. The molecule has 2 aromatic carbocycles. The van der Waals surface area contributed by atoms with Crippen molar-refractivity contribution in [2.45, 2.75) is 12.3 Å². The number of phenols is 1. The van der Waals surface area contributed by atoms with Crippen LogP contribution in [0.4, 0.5) is 0 Å². The van der Waals surface area contributed by atoms with Crippen LogP contribution in [-0.4, -0.2) is 38.7 Å². The van der Waals surface area contributed by atoms with Crippen molar-refractivity contribution in [1.82, 2.24) is 0 Å². The lowest BCUT2D eigenvalue weighted by molar-refractivity contribution is -0.141. The second kappa shape index (κ2) is 6.22. The van der Waals surface area contributed by atoms with Gasteiger partial charge in [0.15, 0.2) is 23.0 Å². The Morgan fingerprint density at radius 2 is 1.68 bits per heavy atom. The van der Waals surface area contributed by atoms with Crippen LogP contribution in [0.2, 0.25) is 0 Å². The first-order chi connectivity index (χ1) is 13.6. The molecule has 0 spiro atoms. The minimum Gasteiger partial charge on any atom is -0.502 e. The van der Waals surface area contributed by atoms with Crippen molar-refractivity contribution in [3.8, 4) is 28.7 Å². The Bertz CT molecular complexity index is 942. The van der Waals surface area contributed by atoms with Gasteiger partial charge >= 0.3 is 5.97 Å². The van der Waals surface area contributed by atoms with E-state index in [4.69, 9.17) is 23.7 Å². The topological polar surface area (TPSA) is 83.5 Å². The van der Waals surface area contributed by atoms with Crippen molar-refractivity contribution in [3.05, 3.63) is 41.0 Å². The first-order valence-electron chi connectivity index (χ1n) is 9.14. The first-order valence-corrected chi connectivity index (χ1v) is 9.14. The quantitative estimate of drug-likeness (QED) is 0.815. The molecule has 2 heterocycles. The number of phenolic OH excluding ortho intramolecular Hbond substituents is 1. The van der Waals surface area contributed by atoms with Gasteiger partial charge in [-0.3, -0.25) is 4.79 Å². The Morgan fingerprint density at radius 1 is 1.00 bits per heavy atom. The number of esters is 1. The molecule has 3 atom stereocenters. The van der Waals surface area contributed by atoms with E-state index in [1.165, 1.54) is 14.2 Å². The third kappa shape index (κ3) is 2.38. The van der Waals surface area contributed by atoms with E-state index in [0.29, 0.717) is 23.9 Å². The molecule has 146 valence electrons. The monoisotopic (exact) mass is 384 g/mol. The fourth-order valence-electron chi connectivity index (χ4n) is 4.60. The number of ether oxygens (including phenoxy) is 5. The Labute approximate surface area is 161 Å². The highest BCUT2D eigenvalue weighted by Crippen LogP contribution is 2.52. The summed E-state index contributed by atoms with van der Waals surface area (Å²) >= 11 is 0. The van der Waals surface area contributed by atoms with Gasteiger partial charge in [0, 0.05) is 11.8 Å². The summed E-state index contributed by atoms with van der Waals surface area (Å²) in [5.74, 6) is 1.22. The smallest absolute Gasteiger partial charge is 0.310 e. The van der Waals surface area contributed by atoms with E-state index in [-0.39, 0.29) is 36.3 Å². The molecule has 1 aliphatic carbocycles. The number of hydrogen-bond donors (Lipinski definition) is 1. The van der Waals surface area contributed by atoms with Crippen LogP contribution in [-0.2, 0) is 16.0 Å². The lowest BCUT2D eigenvalue weighted by Crippen LogP contribution is -2.31. The van der Waals surface area contributed by atoms with Gasteiger partial charge in [-0.15, -0.1) is 0 Å². The van der Waals surface area contributed by atoms with E-state index in [2.05, 4.69) is 0 Å². The number of benzene rings is 2. The number of cyclic esters (lactones) is 1. The van der Waals surface area contributed by atoms with E-state index in [1.54, 1.807) is 12.1 Å². The molecule has 0 radical (unpaired) electrons. The van der Waals surface area contributed by atoms with Crippen LogP contribution in [0.25, 0.3) is 0 Å². The maximum atomic E-state index is 12.6. The SMILES string of the molecule is COc1cc([C@@H]2c3cc4c(cc3C[C@H]3COC(=O)[C@H]32)OCO4)cc(OC)c1O. The first kappa shape index (κ1) is 17.0. The van der Waals surface area contributed by atoms with Gasteiger partial charge in [0.1, 0.15) is 0 Å². The largest absolute Gasteiger partial charge is 0.502 e. The van der Waals surface area contributed by atoms with E-state index < -0.39 is 0 Å². The molecule has 3 aliphatic rings. The van der Waals surface area contributed by atoms with Gasteiger partial charge in [0.2, 0.25) is 12.5 Å². The molecule has 0 bridgehead atoms. The molecule has 0 aromatic heterocycles. The van der Waals surface area contributed by atoms with Gasteiger partial charge in [-0.05, 0) is 47.4 Å². The van der Waals surface area contributed by atoms with Crippen molar-refractivity contribution in [2.75, 3.05) is 27.6 Å². The third-order valence-corrected chi connectivity index (χ3v) is 5.89. The molecule has 0 saturated carbocycles. The van der Waals surface area contributed by atoms with Gasteiger partial charge in [0.25, 0.3) is 0 Å². The van der Waals surface area contributed by atoms with Crippen molar-refractivity contribution in [3.63, 3.8) is 0 Å². The second-order valence-electron chi connectivity index (χ2n) is 7.28. The van der Waals surface area contributed by atoms with Crippen molar-refractivity contribution >= 4 is 5.97 Å². The average Bonchev–Trinajstić information content (AvgIpc) is 3.31. The van der Waals surface area contributed by atoms with Gasteiger partial charge < -0.3 is 28.8 Å². The summed E-state index contributed by atoms with van der Waals surface area (Å²) < 4.78 is 27.2. The van der Waals surface area contributed by atoms with Crippen LogP contribution in [0.15, 0.2) is 24.3 Å². The van der Waals surface area contributed by atoms with E-state index in [1.807, 2.05) is 12.1 Å². The molecule has 7 heteroatoms.